The molecular formula is C62H117NO8. The van der Waals surface area contributed by atoms with Gasteiger partial charge in [0.1, 0.15) is 24.4 Å². The van der Waals surface area contributed by atoms with E-state index >= 15 is 0 Å². The highest BCUT2D eigenvalue weighted by Gasteiger charge is 2.44. The fourth-order valence-electron chi connectivity index (χ4n) is 9.84. The Labute approximate surface area is 438 Å². The molecule has 0 radical (unpaired) electrons. The third-order valence-corrected chi connectivity index (χ3v) is 14.7. The summed E-state index contributed by atoms with van der Waals surface area (Å²) in [5.74, 6) is -0.185. The number of ether oxygens (including phenoxy) is 2. The van der Waals surface area contributed by atoms with E-state index in [2.05, 4.69) is 43.5 Å². The molecule has 0 aromatic carbocycles. The molecule has 7 unspecified atom stereocenters. The Kier molecular flexibility index (Phi) is 49.3. The van der Waals surface area contributed by atoms with Crippen LogP contribution in [-0.2, 0) is 14.3 Å². The summed E-state index contributed by atoms with van der Waals surface area (Å²) in [5.41, 5.74) is 0. The summed E-state index contributed by atoms with van der Waals surface area (Å²) >= 11 is 0. The van der Waals surface area contributed by atoms with Gasteiger partial charge in [0.05, 0.1) is 25.4 Å². The Morgan fingerprint density at radius 1 is 0.465 bits per heavy atom. The molecule has 0 spiro atoms. The standard InChI is InChI=1S/C62H117NO8/c1-3-5-7-9-11-13-15-17-19-21-23-25-26-27-28-29-30-32-34-36-38-40-42-44-46-48-50-52-58(66)63-55(54-70-62-61(69)60(68)59(67)57(53-64)71-62)56(65)51-49-47-45-43-41-39-37-35-33-31-24-22-20-18-16-14-12-10-8-6-4-2/h33,35,41,43,49,51,55-57,59-62,64-65,67-69H,3-32,34,36-40,42,44-48,50,52-54H2,1-2H3,(H,63,66)/b35-33+,43-41+,51-49+. The number of carbonyl (C=O) groups is 1. The van der Waals surface area contributed by atoms with Gasteiger partial charge in [0.15, 0.2) is 6.29 Å². The molecule has 0 bridgehead atoms. The van der Waals surface area contributed by atoms with E-state index in [9.17, 15) is 30.3 Å². The van der Waals surface area contributed by atoms with E-state index in [1.807, 2.05) is 6.08 Å². The second kappa shape index (κ2) is 51.9. The molecule has 0 aromatic heterocycles. The normalized spacial score (nSPS) is 19.5. The number of rotatable bonds is 53. The molecule has 9 heteroatoms. The van der Waals surface area contributed by atoms with Crippen molar-refractivity contribution in [1.29, 1.82) is 0 Å². The fraction of sp³-hybridized carbons (Fsp3) is 0.887. The monoisotopic (exact) mass is 1000 g/mol. The van der Waals surface area contributed by atoms with E-state index in [0.29, 0.717) is 6.42 Å². The van der Waals surface area contributed by atoms with Gasteiger partial charge >= 0.3 is 0 Å². The van der Waals surface area contributed by atoms with Gasteiger partial charge in [0.25, 0.3) is 0 Å². The first-order valence-electron chi connectivity index (χ1n) is 30.7. The number of carbonyl (C=O) groups excluding carboxylic acids is 1. The van der Waals surface area contributed by atoms with Gasteiger partial charge in [-0.25, -0.2) is 0 Å². The average molecular weight is 1000 g/mol. The van der Waals surface area contributed by atoms with Crippen molar-refractivity contribution in [2.45, 2.75) is 339 Å². The molecule has 418 valence electrons. The maximum atomic E-state index is 13.1. The van der Waals surface area contributed by atoms with E-state index in [4.69, 9.17) is 9.47 Å². The van der Waals surface area contributed by atoms with E-state index in [-0.39, 0.29) is 12.5 Å². The molecule has 71 heavy (non-hydrogen) atoms. The van der Waals surface area contributed by atoms with Gasteiger partial charge in [-0.3, -0.25) is 4.79 Å². The first-order chi connectivity index (χ1) is 34.8. The van der Waals surface area contributed by atoms with Crippen molar-refractivity contribution in [1.82, 2.24) is 5.32 Å². The van der Waals surface area contributed by atoms with Gasteiger partial charge in [-0.1, -0.05) is 281 Å². The summed E-state index contributed by atoms with van der Waals surface area (Å²) in [5, 5.41) is 54.5. The SMILES string of the molecule is CCCCCCCCCCCCC/C=C/CC/C=C/CC/C=C/C(O)C(COC1OC(CO)C(O)C(O)C1O)NC(=O)CCCCCCCCCCCCCCCCCCCCCCCCCCCCC. The van der Waals surface area contributed by atoms with Crippen LogP contribution in [0.2, 0.25) is 0 Å². The highest BCUT2D eigenvalue weighted by molar-refractivity contribution is 5.76. The number of amides is 1. The minimum Gasteiger partial charge on any atom is -0.394 e. The zero-order valence-electron chi connectivity index (χ0n) is 46.5. The van der Waals surface area contributed by atoms with Crippen molar-refractivity contribution in [2.24, 2.45) is 0 Å². The van der Waals surface area contributed by atoms with Gasteiger partial charge in [0, 0.05) is 6.42 Å². The van der Waals surface area contributed by atoms with E-state index < -0.39 is 49.5 Å². The lowest BCUT2D eigenvalue weighted by Gasteiger charge is -2.40. The van der Waals surface area contributed by atoms with Gasteiger partial charge in [-0.15, -0.1) is 0 Å². The van der Waals surface area contributed by atoms with Crippen molar-refractivity contribution in [3.8, 4) is 0 Å². The van der Waals surface area contributed by atoms with Gasteiger partial charge in [-0.2, -0.15) is 0 Å². The molecule has 1 rings (SSSR count). The summed E-state index contributed by atoms with van der Waals surface area (Å²) in [6.07, 6.45) is 60.8. The Bertz CT molecular complexity index is 1210. The lowest BCUT2D eigenvalue weighted by Crippen LogP contribution is -2.60. The second-order valence-corrected chi connectivity index (χ2v) is 21.5. The Morgan fingerprint density at radius 2 is 0.803 bits per heavy atom. The molecule has 0 aromatic rings. The topological polar surface area (TPSA) is 149 Å². The Morgan fingerprint density at radius 3 is 1.18 bits per heavy atom. The van der Waals surface area contributed by atoms with Crippen molar-refractivity contribution >= 4 is 5.91 Å². The summed E-state index contributed by atoms with van der Waals surface area (Å²) in [4.78, 5) is 13.1. The molecule has 6 N–H and O–H groups in total. The smallest absolute Gasteiger partial charge is 0.220 e. The number of hydrogen-bond acceptors (Lipinski definition) is 8. The largest absolute Gasteiger partial charge is 0.394 e. The highest BCUT2D eigenvalue weighted by Crippen LogP contribution is 2.23. The quantitative estimate of drug-likeness (QED) is 0.0261. The summed E-state index contributed by atoms with van der Waals surface area (Å²) in [7, 11) is 0. The van der Waals surface area contributed by atoms with Crippen molar-refractivity contribution < 1.29 is 39.8 Å². The van der Waals surface area contributed by atoms with Crippen LogP contribution in [0.25, 0.3) is 0 Å². The van der Waals surface area contributed by atoms with Crippen LogP contribution in [0.1, 0.15) is 296 Å². The minimum atomic E-state index is -1.57. The van der Waals surface area contributed by atoms with E-state index in [0.717, 1.165) is 44.9 Å². The molecule has 1 fully saturated rings. The van der Waals surface area contributed by atoms with Crippen LogP contribution < -0.4 is 5.32 Å². The number of aliphatic hydroxyl groups is 5. The Hall–Kier alpha value is -1.59. The molecule has 1 aliphatic rings. The number of aliphatic hydroxyl groups excluding tert-OH is 5. The van der Waals surface area contributed by atoms with Gasteiger partial charge < -0.3 is 40.3 Å². The van der Waals surface area contributed by atoms with Crippen molar-refractivity contribution in [3.05, 3.63) is 36.5 Å². The van der Waals surface area contributed by atoms with Crippen molar-refractivity contribution in [3.63, 3.8) is 0 Å². The van der Waals surface area contributed by atoms with Crippen molar-refractivity contribution in [2.75, 3.05) is 13.2 Å². The zero-order chi connectivity index (χ0) is 51.5. The van der Waals surface area contributed by atoms with Crippen LogP contribution in [0.15, 0.2) is 36.5 Å². The highest BCUT2D eigenvalue weighted by atomic mass is 16.7. The van der Waals surface area contributed by atoms with E-state index in [1.165, 1.54) is 231 Å². The first kappa shape index (κ1) is 67.4. The maximum Gasteiger partial charge on any atom is 0.220 e. The van der Waals surface area contributed by atoms with E-state index in [1.54, 1.807) is 6.08 Å². The predicted molar refractivity (Wildman–Crippen MR) is 300 cm³/mol. The number of nitrogens with one attached hydrogen (secondary N) is 1. The lowest BCUT2D eigenvalue weighted by atomic mass is 9.99. The number of unbranched alkanes of at least 4 members (excludes halogenated alkanes) is 39. The van der Waals surface area contributed by atoms with Gasteiger partial charge in [-0.05, 0) is 44.9 Å². The molecule has 1 aliphatic heterocycles. The summed E-state index contributed by atoms with van der Waals surface area (Å²) in [6.45, 7) is 3.80. The third-order valence-electron chi connectivity index (χ3n) is 14.7. The van der Waals surface area contributed by atoms with Crippen LogP contribution in [0, 0.1) is 0 Å². The molecule has 1 amide bonds. The Balaban J connectivity index is 2.21. The second-order valence-electron chi connectivity index (χ2n) is 21.5. The molecular weight excluding hydrogens is 887 g/mol. The number of hydrogen-bond donors (Lipinski definition) is 6. The third kappa shape index (κ3) is 41.4. The fourth-order valence-corrected chi connectivity index (χ4v) is 9.84. The van der Waals surface area contributed by atoms with Crippen LogP contribution in [0.3, 0.4) is 0 Å². The van der Waals surface area contributed by atoms with Crippen LogP contribution in [-0.4, -0.2) is 87.5 Å². The molecule has 7 atom stereocenters. The van der Waals surface area contributed by atoms with Crippen LogP contribution >= 0.6 is 0 Å². The lowest BCUT2D eigenvalue weighted by molar-refractivity contribution is -0.302. The minimum absolute atomic E-state index is 0.185. The molecule has 9 nitrogen and oxygen atoms in total. The molecule has 1 heterocycles. The van der Waals surface area contributed by atoms with Crippen LogP contribution in [0.5, 0.6) is 0 Å². The maximum absolute atomic E-state index is 13.1. The summed E-state index contributed by atoms with van der Waals surface area (Å²) in [6, 6.07) is -0.826. The van der Waals surface area contributed by atoms with Crippen LogP contribution in [0.4, 0.5) is 0 Å². The first-order valence-corrected chi connectivity index (χ1v) is 30.7. The molecule has 1 saturated heterocycles. The zero-order valence-corrected chi connectivity index (χ0v) is 46.5. The number of allylic oxidation sites excluding steroid dienone is 5. The average Bonchev–Trinajstić information content (AvgIpc) is 3.37. The summed E-state index contributed by atoms with van der Waals surface area (Å²) < 4.78 is 11.3. The molecule has 0 saturated carbocycles. The van der Waals surface area contributed by atoms with Gasteiger partial charge in [0.2, 0.25) is 5.91 Å². The predicted octanol–water partition coefficient (Wildman–Crippen LogP) is 15.5. The molecule has 0 aliphatic carbocycles.